The minimum atomic E-state index is 0.418. The van der Waals surface area contributed by atoms with Gasteiger partial charge in [0.2, 0.25) is 0 Å². The Morgan fingerprint density at radius 3 is 1.42 bits per heavy atom. The van der Waals surface area contributed by atoms with Crippen LogP contribution in [0.5, 0.6) is 0 Å². The molecular weight excluding hydrogens is 587 g/mol. The summed E-state index contributed by atoms with van der Waals surface area (Å²) in [6, 6.07) is 37.2. The van der Waals surface area contributed by atoms with Gasteiger partial charge in [-0.1, -0.05) is 84.9 Å². The summed E-state index contributed by atoms with van der Waals surface area (Å²) >= 11 is 0. The third-order valence-electron chi connectivity index (χ3n) is 11.1. The van der Waals surface area contributed by atoms with E-state index in [2.05, 4.69) is 70.4 Å². The summed E-state index contributed by atoms with van der Waals surface area (Å²) in [4.78, 5) is 21.7. The number of hydrogen-bond acceptors (Lipinski definition) is 3. The molecule has 1 heterocycles. The van der Waals surface area contributed by atoms with Crippen molar-refractivity contribution in [3.63, 3.8) is 0 Å². The number of aromatic nitrogens is 3. The van der Waals surface area contributed by atoms with Gasteiger partial charge in [-0.2, -0.15) is 0 Å². The molecule has 1 aromatic heterocycles. The predicted molar refractivity (Wildman–Crippen MR) is 191 cm³/mol. The molecule has 6 aromatic rings. The Labute approximate surface area is 281 Å². The van der Waals surface area contributed by atoms with Gasteiger partial charge >= 0.3 is 0 Å². The third kappa shape index (κ3) is 5.04. The van der Waals surface area contributed by atoms with Gasteiger partial charge in [0.05, 0.1) is 13.1 Å². The summed E-state index contributed by atoms with van der Waals surface area (Å²) in [6.45, 7) is 15.0. The molecule has 4 aliphatic rings. The van der Waals surface area contributed by atoms with Gasteiger partial charge in [-0.15, -0.1) is 0 Å². The molecule has 5 aromatic carbocycles. The van der Waals surface area contributed by atoms with Crippen molar-refractivity contribution in [2.24, 2.45) is 17.8 Å². The van der Waals surface area contributed by atoms with Crippen LogP contribution in [0.4, 0.5) is 11.4 Å². The summed E-state index contributed by atoms with van der Waals surface area (Å²) in [5, 5.41) is 2.26. The summed E-state index contributed by atoms with van der Waals surface area (Å²) in [6.07, 6.45) is 8.59. The van der Waals surface area contributed by atoms with Crippen LogP contribution >= 0.6 is 0 Å². The van der Waals surface area contributed by atoms with E-state index in [0.29, 0.717) is 34.3 Å². The first-order valence-corrected chi connectivity index (χ1v) is 16.9. The Morgan fingerprint density at radius 1 is 0.479 bits per heavy atom. The number of benzene rings is 5. The standard InChI is InChI=1S/C43H33N5/c1-44-38-7-3-5-34(22-38)40-46-41(35-6-4-8-39(23-35)45-2)48-42(47-40)36-12-11-32-20-31(9-10-33(32)21-36)30-13-15-37(16-14-30)43-24-27-17-28(25-43)19-29(18-27)26-43/h3-16,20-23,27-29H,17-19,24-26H2. The lowest BCUT2D eigenvalue weighted by molar-refractivity contribution is -0.00518. The number of nitrogens with zero attached hydrogens (tertiary/aromatic N) is 5. The van der Waals surface area contributed by atoms with Crippen LogP contribution < -0.4 is 0 Å². The highest BCUT2D eigenvalue weighted by Gasteiger charge is 2.51. The second kappa shape index (κ2) is 11.3. The van der Waals surface area contributed by atoms with Crippen molar-refractivity contribution in [3.8, 4) is 45.3 Å². The zero-order chi connectivity index (χ0) is 32.2. The van der Waals surface area contributed by atoms with Crippen molar-refractivity contribution < 1.29 is 0 Å². The average molecular weight is 620 g/mol. The van der Waals surface area contributed by atoms with Crippen LogP contribution in [0.15, 0.2) is 109 Å². The molecule has 4 aliphatic carbocycles. The van der Waals surface area contributed by atoms with E-state index >= 15 is 0 Å². The lowest BCUT2D eigenvalue weighted by atomic mass is 9.48. The first-order chi connectivity index (χ1) is 23.5. The van der Waals surface area contributed by atoms with E-state index in [1.165, 1.54) is 49.7 Å². The zero-order valence-electron chi connectivity index (χ0n) is 26.6. The maximum atomic E-state index is 7.48. The molecule has 0 saturated heterocycles. The van der Waals surface area contributed by atoms with Crippen molar-refractivity contribution in [3.05, 3.63) is 138 Å². The van der Waals surface area contributed by atoms with Gasteiger partial charge in [0.15, 0.2) is 28.8 Å². The molecular formula is C43H33N5. The molecule has 0 atom stereocenters. The topological polar surface area (TPSA) is 47.4 Å². The van der Waals surface area contributed by atoms with Gasteiger partial charge in [-0.25, -0.2) is 24.6 Å². The van der Waals surface area contributed by atoms with Gasteiger partial charge in [-0.05, 0) is 113 Å². The molecule has 0 N–H and O–H groups in total. The molecule has 230 valence electrons. The first kappa shape index (κ1) is 28.6. The fraction of sp³-hybridized carbons (Fsp3) is 0.233. The van der Waals surface area contributed by atoms with Crippen molar-refractivity contribution in [1.29, 1.82) is 0 Å². The SMILES string of the molecule is [C-]#[N+]c1cccc(-c2nc(-c3cccc([N+]#[C-])c3)nc(-c3ccc4cc(-c5ccc(C67CC8CC(CC(C8)C6)C7)cc5)ccc4c3)n2)c1. The van der Waals surface area contributed by atoms with E-state index in [0.717, 1.165) is 45.2 Å². The Balaban J connectivity index is 1.05. The second-order valence-corrected chi connectivity index (χ2v) is 14.2. The molecule has 4 saturated carbocycles. The molecule has 0 amide bonds. The zero-order valence-corrected chi connectivity index (χ0v) is 26.6. The Bertz CT molecular complexity index is 2200. The predicted octanol–water partition coefficient (Wildman–Crippen LogP) is 11.3. The van der Waals surface area contributed by atoms with Crippen LogP contribution in [0.3, 0.4) is 0 Å². The maximum Gasteiger partial charge on any atom is 0.187 e. The lowest BCUT2D eigenvalue weighted by Crippen LogP contribution is -2.48. The molecule has 0 unspecified atom stereocenters. The number of hydrogen-bond donors (Lipinski definition) is 0. The molecule has 4 bridgehead atoms. The van der Waals surface area contributed by atoms with Crippen molar-refractivity contribution in [1.82, 2.24) is 15.0 Å². The van der Waals surface area contributed by atoms with E-state index < -0.39 is 0 Å². The fourth-order valence-electron chi connectivity index (χ4n) is 9.24. The number of fused-ring (bicyclic) bond motifs is 1. The summed E-state index contributed by atoms with van der Waals surface area (Å²) in [7, 11) is 0. The molecule has 48 heavy (non-hydrogen) atoms. The summed E-state index contributed by atoms with van der Waals surface area (Å²) in [5.41, 5.74) is 7.87. The van der Waals surface area contributed by atoms with Gasteiger partial charge in [-0.3, -0.25) is 0 Å². The highest BCUT2D eigenvalue weighted by molar-refractivity contribution is 5.90. The van der Waals surface area contributed by atoms with Gasteiger partial charge in [0, 0.05) is 16.7 Å². The van der Waals surface area contributed by atoms with E-state index in [-0.39, 0.29) is 0 Å². The monoisotopic (exact) mass is 619 g/mol. The highest BCUT2D eigenvalue weighted by atomic mass is 15.0. The largest absolute Gasteiger partial charge is 0.238 e. The van der Waals surface area contributed by atoms with E-state index in [1.807, 2.05) is 24.3 Å². The molecule has 0 spiro atoms. The average Bonchev–Trinajstić information content (AvgIpc) is 3.14. The quantitative estimate of drug-likeness (QED) is 0.180. The van der Waals surface area contributed by atoms with Crippen LogP contribution in [0.2, 0.25) is 0 Å². The molecule has 0 aliphatic heterocycles. The second-order valence-electron chi connectivity index (χ2n) is 14.2. The molecule has 0 radical (unpaired) electrons. The maximum absolute atomic E-state index is 7.48. The summed E-state index contributed by atoms with van der Waals surface area (Å²) < 4.78 is 0. The Morgan fingerprint density at radius 2 is 0.917 bits per heavy atom. The van der Waals surface area contributed by atoms with E-state index in [9.17, 15) is 0 Å². The van der Waals surface area contributed by atoms with E-state index in [4.69, 9.17) is 28.1 Å². The van der Waals surface area contributed by atoms with Gasteiger partial charge in [0.1, 0.15) is 0 Å². The van der Waals surface area contributed by atoms with Crippen LogP contribution in [0, 0.1) is 30.9 Å². The summed E-state index contributed by atoms with van der Waals surface area (Å²) in [5.74, 6) is 4.36. The Kier molecular flexibility index (Phi) is 6.70. The first-order valence-electron chi connectivity index (χ1n) is 16.9. The molecule has 5 heteroatoms. The van der Waals surface area contributed by atoms with Crippen molar-refractivity contribution in [2.75, 3.05) is 0 Å². The van der Waals surface area contributed by atoms with Crippen LogP contribution in [0.1, 0.15) is 44.1 Å². The number of rotatable bonds is 5. The van der Waals surface area contributed by atoms with Gasteiger partial charge in [0.25, 0.3) is 0 Å². The normalized spacial score (nSPS) is 22.3. The minimum Gasteiger partial charge on any atom is -0.238 e. The van der Waals surface area contributed by atoms with Crippen LogP contribution in [0.25, 0.3) is 65.8 Å². The van der Waals surface area contributed by atoms with Crippen molar-refractivity contribution in [2.45, 2.75) is 43.9 Å². The minimum absolute atomic E-state index is 0.418. The molecule has 5 nitrogen and oxygen atoms in total. The molecule has 4 fully saturated rings. The van der Waals surface area contributed by atoms with Gasteiger partial charge < -0.3 is 0 Å². The molecule has 10 rings (SSSR count). The fourth-order valence-corrected chi connectivity index (χ4v) is 9.24. The van der Waals surface area contributed by atoms with E-state index in [1.54, 1.807) is 29.8 Å². The highest BCUT2D eigenvalue weighted by Crippen LogP contribution is 2.60. The van der Waals surface area contributed by atoms with Crippen LogP contribution in [-0.4, -0.2) is 15.0 Å². The lowest BCUT2D eigenvalue weighted by Gasteiger charge is -2.57. The third-order valence-corrected chi connectivity index (χ3v) is 11.1. The van der Waals surface area contributed by atoms with Crippen molar-refractivity contribution >= 4 is 22.1 Å². The Hall–Kier alpha value is -5.65. The smallest absolute Gasteiger partial charge is 0.187 e. The van der Waals surface area contributed by atoms with Crippen LogP contribution in [-0.2, 0) is 5.41 Å².